The number of nitrogens with one attached hydrogen (secondary N) is 2. The summed E-state index contributed by atoms with van der Waals surface area (Å²) in [6, 6.07) is 10.6. The van der Waals surface area contributed by atoms with E-state index in [9.17, 15) is 4.79 Å². The lowest BCUT2D eigenvalue weighted by Gasteiger charge is -2.31. The van der Waals surface area contributed by atoms with Crippen LogP contribution < -0.4 is 10.6 Å². The van der Waals surface area contributed by atoms with Gasteiger partial charge in [-0.1, -0.05) is 30.3 Å². The van der Waals surface area contributed by atoms with Gasteiger partial charge in [0, 0.05) is 30.7 Å². The molecule has 0 unspecified atom stereocenters. The van der Waals surface area contributed by atoms with Crippen LogP contribution in [0.5, 0.6) is 0 Å². The van der Waals surface area contributed by atoms with Gasteiger partial charge in [-0.25, -0.2) is 9.98 Å². The Kier molecular flexibility index (Phi) is 10.6. The number of carbonyl (C=O) groups excluding carboxylic acids is 1. The van der Waals surface area contributed by atoms with Crippen molar-refractivity contribution in [2.24, 2.45) is 10.9 Å². The predicted octanol–water partition coefficient (Wildman–Crippen LogP) is 3.61. The summed E-state index contributed by atoms with van der Waals surface area (Å²) in [6.45, 7) is 7.26. The predicted molar refractivity (Wildman–Crippen MR) is 135 cm³/mol. The number of hydrogen-bond donors (Lipinski definition) is 2. The number of amides is 1. The molecule has 1 saturated heterocycles. The highest BCUT2D eigenvalue weighted by atomic mass is 127. The minimum Gasteiger partial charge on any atom is -0.357 e. The summed E-state index contributed by atoms with van der Waals surface area (Å²) in [7, 11) is 0. The van der Waals surface area contributed by atoms with E-state index in [0.717, 1.165) is 43.9 Å². The molecular formula is C22H32IN5OS. The van der Waals surface area contributed by atoms with Crippen LogP contribution >= 0.6 is 35.3 Å². The summed E-state index contributed by atoms with van der Waals surface area (Å²) in [5.74, 6) is 1.42. The zero-order chi connectivity index (χ0) is 20.5. The number of nitrogens with zero attached hydrogens (tertiary/aromatic N) is 3. The fourth-order valence-corrected chi connectivity index (χ4v) is 4.29. The molecule has 8 heteroatoms. The number of rotatable bonds is 7. The Morgan fingerprint density at radius 3 is 2.60 bits per heavy atom. The third-order valence-electron chi connectivity index (χ3n) is 5.13. The number of hydrogen-bond acceptors (Lipinski definition) is 4. The number of thiazole rings is 1. The van der Waals surface area contributed by atoms with Crippen LogP contribution in [0.2, 0.25) is 0 Å². The first-order valence-electron chi connectivity index (χ1n) is 10.4. The third kappa shape index (κ3) is 7.86. The van der Waals surface area contributed by atoms with E-state index in [-0.39, 0.29) is 36.4 Å². The second-order valence-corrected chi connectivity index (χ2v) is 8.75. The molecule has 1 aliphatic rings. The Hall–Kier alpha value is -1.68. The Labute approximate surface area is 200 Å². The zero-order valence-electron chi connectivity index (χ0n) is 17.8. The molecule has 1 aliphatic heterocycles. The SMILES string of the molecule is CCNC(=NCC(=O)N1CCC(Cc2ccccc2)CC1)NCc1ncc(C)s1.I. The number of aryl methyl sites for hydroxylation is 1. The fraction of sp³-hybridized carbons (Fsp3) is 0.500. The van der Waals surface area contributed by atoms with Gasteiger partial charge in [0.15, 0.2) is 5.96 Å². The highest BCUT2D eigenvalue weighted by Crippen LogP contribution is 2.21. The van der Waals surface area contributed by atoms with Crippen LogP contribution in [0.4, 0.5) is 0 Å². The molecule has 2 aromatic rings. The van der Waals surface area contributed by atoms with Crippen molar-refractivity contribution in [2.75, 3.05) is 26.2 Å². The summed E-state index contributed by atoms with van der Waals surface area (Å²) < 4.78 is 0. The zero-order valence-corrected chi connectivity index (χ0v) is 20.9. The number of piperidine rings is 1. The van der Waals surface area contributed by atoms with E-state index in [4.69, 9.17) is 0 Å². The average Bonchev–Trinajstić information content (AvgIpc) is 3.16. The molecule has 0 bridgehead atoms. The Morgan fingerprint density at radius 2 is 1.97 bits per heavy atom. The Bertz CT molecular complexity index is 803. The maximum absolute atomic E-state index is 12.6. The van der Waals surface area contributed by atoms with Crippen LogP contribution in [0, 0.1) is 12.8 Å². The van der Waals surface area contributed by atoms with E-state index < -0.39 is 0 Å². The van der Waals surface area contributed by atoms with Gasteiger partial charge < -0.3 is 15.5 Å². The molecule has 1 aromatic carbocycles. The van der Waals surface area contributed by atoms with Crippen molar-refractivity contribution in [1.82, 2.24) is 20.5 Å². The highest BCUT2D eigenvalue weighted by Gasteiger charge is 2.22. The number of likely N-dealkylation sites (tertiary alicyclic amines) is 1. The van der Waals surface area contributed by atoms with Crippen LogP contribution in [0.1, 0.15) is 35.2 Å². The molecule has 0 saturated carbocycles. The first-order valence-corrected chi connectivity index (χ1v) is 11.2. The van der Waals surface area contributed by atoms with Gasteiger partial charge in [0.2, 0.25) is 5.91 Å². The quantitative estimate of drug-likeness (QED) is 0.320. The molecule has 3 rings (SSSR count). The van der Waals surface area contributed by atoms with E-state index >= 15 is 0 Å². The van der Waals surface area contributed by atoms with Crippen molar-refractivity contribution < 1.29 is 4.79 Å². The molecule has 0 atom stereocenters. The van der Waals surface area contributed by atoms with E-state index in [1.807, 2.05) is 24.9 Å². The largest absolute Gasteiger partial charge is 0.357 e. The lowest BCUT2D eigenvalue weighted by atomic mass is 9.90. The van der Waals surface area contributed by atoms with E-state index in [0.29, 0.717) is 18.4 Å². The topological polar surface area (TPSA) is 69.6 Å². The summed E-state index contributed by atoms with van der Waals surface area (Å²) in [6.07, 6.45) is 5.10. The van der Waals surface area contributed by atoms with Crippen molar-refractivity contribution in [3.8, 4) is 0 Å². The average molecular weight is 542 g/mol. The molecule has 2 N–H and O–H groups in total. The van der Waals surface area contributed by atoms with Crippen molar-refractivity contribution >= 4 is 47.2 Å². The number of halogens is 1. The molecular weight excluding hydrogens is 509 g/mol. The van der Waals surface area contributed by atoms with Gasteiger partial charge in [-0.05, 0) is 44.6 Å². The first-order chi connectivity index (χ1) is 14.1. The van der Waals surface area contributed by atoms with E-state index in [2.05, 4.69) is 50.9 Å². The number of aromatic nitrogens is 1. The lowest BCUT2D eigenvalue weighted by molar-refractivity contribution is -0.130. The molecule has 6 nitrogen and oxygen atoms in total. The monoisotopic (exact) mass is 541 g/mol. The standard InChI is InChI=1S/C22H31N5OS.HI/c1-3-23-22(25-15-20-24-14-17(2)29-20)26-16-21(28)27-11-9-19(10-12-27)13-18-7-5-4-6-8-18;/h4-8,14,19H,3,9-13,15-16H2,1-2H3,(H2,23,25,26);1H. The number of carbonyl (C=O) groups is 1. The van der Waals surface area contributed by atoms with Crippen molar-refractivity contribution in [1.29, 1.82) is 0 Å². The van der Waals surface area contributed by atoms with Gasteiger partial charge in [-0.2, -0.15) is 0 Å². The maximum Gasteiger partial charge on any atom is 0.244 e. The van der Waals surface area contributed by atoms with Crippen LogP contribution in [0.3, 0.4) is 0 Å². The number of aliphatic imine (C=N–C) groups is 1. The molecule has 1 fully saturated rings. The second-order valence-electron chi connectivity index (χ2n) is 7.43. The van der Waals surface area contributed by atoms with Crippen molar-refractivity contribution in [2.45, 2.75) is 39.7 Å². The minimum absolute atomic E-state index is 0. The van der Waals surface area contributed by atoms with E-state index in [1.165, 1.54) is 10.4 Å². The smallest absolute Gasteiger partial charge is 0.244 e. The van der Waals surface area contributed by atoms with Gasteiger partial charge in [0.25, 0.3) is 0 Å². The van der Waals surface area contributed by atoms with Gasteiger partial charge in [-0.15, -0.1) is 35.3 Å². The van der Waals surface area contributed by atoms with E-state index in [1.54, 1.807) is 11.3 Å². The first kappa shape index (κ1) is 24.6. The number of guanidine groups is 1. The van der Waals surface area contributed by atoms with Gasteiger partial charge in [0.05, 0.1) is 6.54 Å². The van der Waals surface area contributed by atoms with Gasteiger partial charge in [0.1, 0.15) is 11.6 Å². The van der Waals surface area contributed by atoms with Crippen LogP contribution in [-0.2, 0) is 17.8 Å². The van der Waals surface area contributed by atoms with Crippen LogP contribution in [0.25, 0.3) is 0 Å². The molecule has 2 heterocycles. The molecule has 30 heavy (non-hydrogen) atoms. The van der Waals surface area contributed by atoms with Crippen molar-refractivity contribution in [3.05, 3.63) is 52.0 Å². The normalized spacial score (nSPS) is 14.9. The van der Waals surface area contributed by atoms with Gasteiger partial charge >= 0.3 is 0 Å². The molecule has 0 spiro atoms. The minimum atomic E-state index is 0. The van der Waals surface area contributed by atoms with Crippen LogP contribution in [0.15, 0.2) is 41.5 Å². The maximum atomic E-state index is 12.6. The van der Waals surface area contributed by atoms with Crippen LogP contribution in [-0.4, -0.2) is 47.9 Å². The molecule has 164 valence electrons. The fourth-order valence-electron chi connectivity index (χ4n) is 3.56. The van der Waals surface area contributed by atoms with Crippen molar-refractivity contribution in [3.63, 3.8) is 0 Å². The molecule has 1 aromatic heterocycles. The Morgan fingerprint density at radius 1 is 1.23 bits per heavy atom. The molecule has 1 amide bonds. The summed E-state index contributed by atoms with van der Waals surface area (Å²) in [5.41, 5.74) is 1.39. The second kappa shape index (κ2) is 12.9. The molecule has 0 radical (unpaired) electrons. The summed E-state index contributed by atoms with van der Waals surface area (Å²) in [5, 5.41) is 7.47. The highest BCUT2D eigenvalue weighted by molar-refractivity contribution is 14.0. The Balaban J connectivity index is 0.00000320. The summed E-state index contributed by atoms with van der Waals surface area (Å²) in [4.78, 5) is 24.6. The number of benzene rings is 1. The van der Waals surface area contributed by atoms with Gasteiger partial charge in [-0.3, -0.25) is 4.79 Å². The molecule has 0 aliphatic carbocycles. The third-order valence-corrected chi connectivity index (χ3v) is 6.04. The summed E-state index contributed by atoms with van der Waals surface area (Å²) >= 11 is 1.66. The lowest BCUT2D eigenvalue weighted by Crippen LogP contribution is -2.41.